The molecule has 0 bridgehead atoms. The molecule has 0 unspecified atom stereocenters. The van der Waals surface area contributed by atoms with Crippen molar-refractivity contribution in [2.75, 3.05) is 0 Å². The summed E-state index contributed by atoms with van der Waals surface area (Å²) < 4.78 is 0. The third kappa shape index (κ3) is 4.63. The van der Waals surface area contributed by atoms with Crippen LogP contribution in [0.25, 0.3) is 0 Å². The normalized spacial score (nSPS) is 10.7. The van der Waals surface area contributed by atoms with Gasteiger partial charge in [0.1, 0.15) is 0 Å². The molecule has 0 fully saturated rings. The van der Waals surface area contributed by atoms with Crippen molar-refractivity contribution in [3.63, 3.8) is 0 Å². The van der Waals surface area contributed by atoms with Gasteiger partial charge in [0.2, 0.25) is 0 Å². The van der Waals surface area contributed by atoms with E-state index in [-0.39, 0.29) is 58.2 Å². The molecule has 4 nitrogen and oxygen atoms in total. The predicted octanol–water partition coefficient (Wildman–Crippen LogP) is 2.91. The van der Waals surface area contributed by atoms with Gasteiger partial charge in [-0.1, -0.05) is 62.9 Å². The zero-order chi connectivity index (χ0) is 14.3. The van der Waals surface area contributed by atoms with E-state index in [1.54, 1.807) is 30.3 Å². The molecule has 20 heavy (non-hydrogen) atoms. The van der Waals surface area contributed by atoms with Gasteiger partial charge in [0.25, 0.3) is 0 Å². The fourth-order valence-corrected chi connectivity index (χ4v) is 2.24. The number of hydrogen-bond acceptors (Lipinski definition) is 2. The third-order valence-corrected chi connectivity index (χ3v) is 3.40. The summed E-state index contributed by atoms with van der Waals surface area (Å²) >= 11 is 0. The quantitative estimate of drug-likeness (QED) is 0.398. The minimum absolute atomic E-state index is 0. The molecular weight excluding hydrogens is 381 g/mol. The van der Waals surface area contributed by atoms with Crippen molar-refractivity contribution in [1.82, 2.24) is 0 Å². The molecular formula is C15H22BaO4. The van der Waals surface area contributed by atoms with Gasteiger partial charge in [-0.2, -0.15) is 0 Å². The molecule has 0 aliphatic heterocycles. The monoisotopic (exact) mass is 404 g/mol. The molecule has 0 atom stereocenters. The van der Waals surface area contributed by atoms with E-state index in [0.717, 1.165) is 19.3 Å². The van der Waals surface area contributed by atoms with Crippen LogP contribution < -0.4 is 0 Å². The molecule has 0 amide bonds. The zero-order valence-corrected chi connectivity index (χ0v) is 16.3. The van der Waals surface area contributed by atoms with Crippen LogP contribution in [-0.2, 0) is 15.0 Å². The smallest absolute Gasteiger partial charge is 1.00 e. The molecule has 0 aliphatic rings. The molecule has 0 aromatic heterocycles. The first kappa shape index (κ1) is 19.7. The summed E-state index contributed by atoms with van der Waals surface area (Å²) in [6, 6.07) is 8.23. The van der Waals surface area contributed by atoms with E-state index < -0.39 is 17.4 Å². The second kappa shape index (κ2) is 9.63. The Hall–Kier alpha value is -0.269. The number of carboxylic acids is 2. The molecule has 1 aromatic carbocycles. The van der Waals surface area contributed by atoms with Crippen LogP contribution in [0, 0.1) is 0 Å². The maximum Gasteiger partial charge on any atom is 2.00 e. The van der Waals surface area contributed by atoms with Crippen molar-refractivity contribution in [2.24, 2.45) is 0 Å². The fraction of sp³-hybridized carbons (Fsp3) is 0.467. The number of rotatable bonds is 8. The van der Waals surface area contributed by atoms with Gasteiger partial charge in [-0.3, -0.25) is 9.59 Å². The number of unbranched alkanes of at least 4 members (excludes halogenated alkanes) is 3. The van der Waals surface area contributed by atoms with E-state index in [2.05, 4.69) is 6.92 Å². The summed E-state index contributed by atoms with van der Waals surface area (Å²) in [6.07, 6.45) is 3.59. The average molecular weight is 404 g/mol. The van der Waals surface area contributed by atoms with E-state index in [0.29, 0.717) is 12.0 Å². The Kier molecular flexibility index (Phi) is 9.50. The van der Waals surface area contributed by atoms with Crippen LogP contribution in [0.3, 0.4) is 0 Å². The number of hydrogen-bond donors (Lipinski definition) is 2. The summed E-state index contributed by atoms with van der Waals surface area (Å²) in [4.78, 5) is 23.1. The average Bonchev–Trinajstić information content (AvgIpc) is 2.39. The van der Waals surface area contributed by atoms with Gasteiger partial charge in [0.15, 0.2) is 5.41 Å². The summed E-state index contributed by atoms with van der Waals surface area (Å²) in [5, 5.41) is 18.8. The molecule has 1 aromatic rings. The van der Waals surface area contributed by atoms with Crippen LogP contribution in [-0.4, -0.2) is 71.0 Å². The number of carboxylic acid groups (broad SMARTS) is 2. The Morgan fingerprint density at radius 2 is 1.60 bits per heavy atom. The Morgan fingerprint density at radius 3 is 2.05 bits per heavy atom. The summed E-state index contributed by atoms with van der Waals surface area (Å²) in [6.45, 7) is 2.05. The van der Waals surface area contributed by atoms with Crippen LogP contribution in [0.1, 0.15) is 47.4 Å². The van der Waals surface area contributed by atoms with E-state index >= 15 is 0 Å². The number of aliphatic carboxylic acids is 2. The predicted molar refractivity (Wildman–Crippen MR) is 80.1 cm³/mol. The van der Waals surface area contributed by atoms with Crippen molar-refractivity contribution in [2.45, 2.75) is 44.4 Å². The van der Waals surface area contributed by atoms with E-state index in [4.69, 9.17) is 0 Å². The fourth-order valence-electron chi connectivity index (χ4n) is 2.24. The first-order chi connectivity index (χ1) is 9.05. The van der Waals surface area contributed by atoms with Gasteiger partial charge in [-0.25, -0.2) is 0 Å². The Balaban J connectivity index is -0.00000120. The van der Waals surface area contributed by atoms with Gasteiger partial charge >= 0.3 is 60.8 Å². The van der Waals surface area contributed by atoms with E-state index in [1.165, 1.54) is 0 Å². The van der Waals surface area contributed by atoms with E-state index in [9.17, 15) is 19.8 Å². The van der Waals surface area contributed by atoms with Crippen molar-refractivity contribution < 1.29 is 22.7 Å². The minimum Gasteiger partial charge on any atom is -1.00 e. The van der Waals surface area contributed by atoms with Crippen LogP contribution in [0.4, 0.5) is 0 Å². The minimum atomic E-state index is -1.82. The maximum absolute atomic E-state index is 11.5. The molecule has 5 heteroatoms. The molecule has 2 N–H and O–H groups in total. The van der Waals surface area contributed by atoms with Crippen LogP contribution in [0.15, 0.2) is 30.3 Å². The van der Waals surface area contributed by atoms with Gasteiger partial charge < -0.3 is 13.1 Å². The topological polar surface area (TPSA) is 74.6 Å². The molecule has 0 saturated carbocycles. The van der Waals surface area contributed by atoms with Crippen LogP contribution in [0.5, 0.6) is 0 Å². The summed E-state index contributed by atoms with van der Waals surface area (Å²) in [5.41, 5.74) is -1.49. The van der Waals surface area contributed by atoms with Crippen LogP contribution in [0.2, 0.25) is 0 Å². The van der Waals surface area contributed by atoms with Crippen molar-refractivity contribution in [3.05, 3.63) is 35.9 Å². The Bertz CT molecular complexity index is 426. The van der Waals surface area contributed by atoms with Gasteiger partial charge in [0, 0.05) is 0 Å². The summed E-state index contributed by atoms with van der Waals surface area (Å²) in [7, 11) is 0. The molecule has 0 radical (unpaired) electrons. The van der Waals surface area contributed by atoms with Gasteiger partial charge in [-0.15, -0.1) is 0 Å². The molecule has 0 saturated heterocycles. The molecule has 1 rings (SSSR count). The molecule has 0 heterocycles. The molecule has 0 spiro atoms. The molecule has 108 valence electrons. The maximum atomic E-state index is 11.5. The Morgan fingerprint density at radius 1 is 1.05 bits per heavy atom. The largest absolute Gasteiger partial charge is 2.00 e. The van der Waals surface area contributed by atoms with Gasteiger partial charge in [-0.05, 0) is 12.0 Å². The first-order valence-corrected chi connectivity index (χ1v) is 6.58. The summed E-state index contributed by atoms with van der Waals surface area (Å²) in [5.74, 6) is -2.58. The molecule has 0 aliphatic carbocycles. The van der Waals surface area contributed by atoms with Crippen molar-refractivity contribution in [1.29, 1.82) is 0 Å². The zero-order valence-electron chi connectivity index (χ0n) is 13.8. The Labute approximate surface area is 162 Å². The van der Waals surface area contributed by atoms with Crippen molar-refractivity contribution in [3.8, 4) is 0 Å². The van der Waals surface area contributed by atoms with Crippen LogP contribution >= 0.6 is 0 Å². The van der Waals surface area contributed by atoms with E-state index in [1.807, 2.05) is 0 Å². The van der Waals surface area contributed by atoms with Gasteiger partial charge in [0.05, 0.1) is 0 Å². The third-order valence-electron chi connectivity index (χ3n) is 3.40. The van der Waals surface area contributed by atoms with Crippen molar-refractivity contribution >= 4 is 60.8 Å². The SMILES string of the molecule is CCCCCCC(C(=O)O)(C(=O)O)c1ccccc1.[Ba+2].[H-].[H-]. The second-order valence-corrected chi connectivity index (χ2v) is 4.69. The first-order valence-electron chi connectivity index (χ1n) is 6.58. The number of benzene rings is 1. The number of carbonyl (C=O) groups is 2. The standard InChI is InChI=1S/C15H20O4.Ba.2H/c1-2-3-4-8-11-15(13(16)17,14(18)19)12-9-6-5-7-10-12;;;/h5-7,9-10H,2-4,8,11H2,1H3,(H,16,17)(H,18,19);;;/q;+2;2*-1. The second-order valence-electron chi connectivity index (χ2n) is 4.69.